The van der Waals surface area contributed by atoms with Crippen LogP contribution < -0.4 is 25.1 Å². The van der Waals surface area contributed by atoms with Gasteiger partial charge in [0.15, 0.2) is 11.5 Å². The van der Waals surface area contributed by atoms with Crippen molar-refractivity contribution in [1.29, 1.82) is 0 Å². The number of hydrazine groups is 2. The van der Waals surface area contributed by atoms with Crippen molar-refractivity contribution in [3.8, 4) is 17.2 Å². The number of rotatable bonds is 34. The van der Waals surface area contributed by atoms with Crippen molar-refractivity contribution < 1.29 is 85.6 Å². The molecule has 23 nitrogen and oxygen atoms in total. The van der Waals surface area contributed by atoms with Crippen LogP contribution in [0.1, 0.15) is 62.1 Å². The minimum atomic E-state index is -0.948. The quantitative estimate of drug-likeness (QED) is 0.0503. The van der Waals surface area contributed by atoms with Gasteiger partial charge in [-0.2, -0.15) is 10.0 Å². The number of benzene rings is 3. The van der Waals surface area contributed by atoms with Crippen LogP contribution in [0, 0.1) is 0 Å². The molecule has 0 radical (unpaired) electrons. The second-order valence-corrected chi connectivity index (χ2v) is 15.1. The van der Waals surface area contributed by atoms with Gasteiger partial charge in [0.2, 0.25) is 5.75 Å². The van der Waals surface area contributed by atoms with Crippen LogP contribution >= 0.6 is 0 Å². The molecular weight excluding hydrogens is 935 g/mol. The zero-order chi connectivity index (χ0) is 50.4. The standard InChI is InChI=1S/C48H57N5O18/c1-60-12-15-63-18-21-66-24-27-69-38-30-33(31-39(70-28-25-67-22-19-64-16-13-61-2)42(38)71-29-26-68-23-20-65-17-14-62-3)44(55)51-53-47(58)36-6-4-34-40-35(5-7-37(41(36)40)48(53)59)46(57)52(45(34)56)50-43(54)32-8-10-49-11-9-32/h4-11,30-31H,12-29H2,1-3H3,(H,50,54)(H,51,55). The highest BCUT2D eigenvalue weighted by Crippen LogP contribution is 2.40. The van der Waals surface area contributed by atoms with E-state index in [1.165, 1.54) is 60.9 Å². The molecule has 382 valence electrons. The summed E-state index contributed by atoms with van der Waals surface area (Å²) in [5.41, 5.74) is 4.55. The SMILES string of the molecule is COCCOCCOCCOc1cc(C(=O)NN2C(=O)c3ccc4c5c(ccc(c35)C2=O)C(=O)N(NC(=O)c2ccncc2)C4=O)cc(OCCOCCOCCOC)c1OCCOCCOCCOC. The molecule has 0 saturated carbocycles. The van der Waals surface area contributed by atoms with E-state index in [0.29, 0.717) is 69.5 Å². The van der Waals surface area contributed by atoms with Crippen molar-refractivity contribution >= 4 is 46.2 Å². The van der Waals surface area contributed by atoms with Gasteiger partial charge in [0.25, 0.3) is 35.4 Å². The lowest BCUT2D eigenvalue weighted by molar-refractivity contribution is 0.0146. The minimum Gasteiger partial charge on any atom is -0.487 e. The number of hydrogen-bond acceptors (Lipinski definition) is 19. The van der Waals surface area contributed by atoms with Gasteiger partial charge in [-0.15, -0.1) is 0 Å². The lowest BCUT2D eigenvalue weighted by atomic mass is 9.86. The Labute approximate surface area is 408 Å². The number of carbonyl (C=O) groups is 6. The summed E-state index contributed by atoms with van der Waals surface area (Å²) in [6.45, 7) is 4.76. The van der Waals surface area contributed by atoms with Crippen LogP contribution in [0.4, 0.5) is 0 Å². The lowest BCUT2D eigenvalue weighted by Crippen LogP contribution is -2.53. The highest BCUT2D eigenvalue weighted by molar-refractivity contribution is 6.33. The fourth-order valence-electron chi connectivity index (χ4n) is 6.99. The average Bonchev–Trinajstić information content (AvgIpc) is 3.38. The Hall–Kier alpha value is -6.67. The molecule has 71 heavy (non-hydrogen) atoms. The van der Waals surface area contributed by atoms with Crippen molar-refractivity contribution in [3.63, 3.8) is 0 Å². The molecule has 0 unspecified atom stereocenters. The molecule has 0 bridgehead atoms. The number of carbonyl (C=O) groups excluding carboxylic acids is 6. The first-order valence-electron chi connectivity index (χ1n) is 22.6. The topological polar surface area (TPSA) is 257 Å². The van der Waals surface area contributed by atoms with Crippen LogP contribution in [0.2, 0.25) is 0 Å². The molecule has 0 atom stereocenters. The van der Waals surface area contributed by atoms with Gasteiger partial charge < -0.3 is 56.8 Å². The van der Waals surface area contributed by atoms with Crippen LogP contribution in [0.5, 0.6) is 17.2 Å². The van der Waals surface area contributed by atoms with Gasteiger partial charge in [-0.25, -0.2) is 0 Å². The van der Waals surface area contributed by atoms with E-state index in [2.05, 4.69) is 15.8 Å². The molecule has 3 heterocycles. The predicted molar refractivity (Wildman–Crippen MR) is 248 cm³/mol. The Morgan fingerprint density at radius 2 is 0.732 bits per heavy atom. The molecule has 2 aliphatic rings. The molecule has 4 aromatic rings. The van der Waals surface area contributed by atoms with E-state index in [0.717, 1.165) is 0 Å². The van der Waals surface area contributed by atoms with Crippen molar-refractivity contribution in [1.82, 2.24) is 25.9 Å². The maximum absolute atomic E-state index is 14.2. The number of nitrogens with one attached hydrogen (secondary N) is 2. The Bertz CT molecular complexity index is 2340. The normalized spacial score (nSPS) is 13.0. The summed E-state index contributed by atoms with van der Waals surface area (Å²) in [6, 6.07) is 10.8. The summed E-state index contributed by atoms with van der Waals surface area (Å²) in [4.78, 5) is 86.9. The zero-order valence-corrected chi connectivity index (χ0v) is 39.7. The Balaban J connectivity index is 1.21. The third-order valence-electron chi connectivity index (χ3n) is 10.4. The number of pyridine rings is 1. The van der Waals surface area contributed by atoms with Gasteiger partial charge in [-0.05, 0) is 48.5 Å². The molecule has 0 fully saturated rings. The number of imide groups is 2. The molecule has 0 saturated heterocycles. The van der Waals surface area contributed by atoms with Gasteiger partial charge in [0.1, 0.15) is 19.8 Å². The summed E-state index contributed by atoms with van der Waals surface area (Å²) >= 11 is 0. The van der Waals surface area contributed by atoms with E-state index < -0.39 is 35.4 Å². The smallest absolute Gasteiger partial charge is 0.280 e. The number of hydrogen-bond donors (Lipinski definition) is 2. The van der Waals surface area contributed by atoms with Crippen LogP contribution in [0.15, 0.2) is 60.9 Å². The average molecular weight is 992 g/mol. The van der Waals surface area contributed by atoms with Crippen molar-refractivity contribution in [2.45, 2.75) is 0 Å². The van der Waals surface area contributed by atoms with Gasteiger partial charge >= 0.3 is 0 Å². The molecule has 6 amide bonds. The molecule has 1 aromatic heterocycles. The van der Waals surface area contributed by atoms with Crippen molar-refractivity contribution in [2.24, 2.45) is 0 Å². The molecular formula is C48H57N5O18. The Kier molecular flexibility index (Phi) is 21.4. The third-order valence-corrected chi connectivity index (χ3v) is 10.4. The van der Waals surface area contributed by atoms with E-state index in [-0.39, 0.29) is 121 Å². The van der Waals surface area contributed by atoms with E-state index >= 15 is 0 Å². The van der Waals surface area contributed by atoms with E-state index in [1.807, 2.05) is 0 Å². The fraction of sp³-hybridized carbons (Fsp3) is 0.438. The van der Waals surface area contributed by atoms with E-state index in [4.69, 9.17) is 56.8 Å². The summed E-state index contributed by atoms with van der Waals surface area (Å²) < 4.78 is 66.8. The fourth-order valence-corrected chi connectivity index (χ4v) is 6.99. The Morgan fingerprint density at radius 3 is 1.08 bits per heavy atom. The van der Waals surface area contributed by atoms with Crippen LogP contribution in [-0.2, 0) is 42.6 Å². The predicted octanol–water partition coefficient (Wildman–Crippen LogP) is 2.29. The van der Waals surface area contributed by atoms with Crippen molar-refractivity contribution in [3.05, 3.63) is 94.3 Å². The summed E-state index contributed by atoms with van der Waals surface area (Å²) in [5, 5.41) is 1.19. The van der Waals surface area contributed by atoms with Gasteiger partial charge in [0, 0.05) is 55.6 Å². The monoisotopic (exact) mass is 991 g/mol. The maximum Gasteiger partial charge on any atom is 0.280 e. The molecule has 0 aliphatic carbocycles. The van der Waals surface area contributed by atoms with Gasteiger partial charge in [-0.3, -0.25) is 44.6 Å². The minimum absolute atomic E-state index is 0.00578. The van der Waals surface area contributed by atoms with Crippen LogP contribution in [0.3, 0.4) is 0 Å². The number of amides is 6. The van der Waals surface area contributed by atoms with Gasteiger partial charge in [0.05, 0.1) is 121 Å². The summed E-state index contributed by atoms with van der Waals surface area (Å²) in [6.07, 6.45) is 2.76. The summed E-state index contributed by atoms with van der Waals surface area (Å²) in [5.74, 6) is -5.10. The van der Waals surface area contributed by atoms with E-state index in [1.54, 1.807) is 21.3 Å². The number of methoxy groups -OCH3 is 3. The van der Waals surface area contributed by atoms with Crippen LogP contribution in [-0.4, -0.2) is 191 Å². The first-order valence-corrected chi connectivity index (χ1v) is 22.6. The van der Waals surface area contributed by atoms with Gasteiger partial charge in [-0.1, -0.05) is 0 Å². The second kappa shape index (κ2) is 28.2. The first-order chi connectivity index (χ1) is 34.7. The number of nitrogens with zero attached hydrogens (tertiary/aromatic N) is 3. The zero-order valence-electron chi connectivity index (χ0n) is 39.7. The summed E-state index contributed by atoms with van der Waals surface area (Å²) in [7, 11) is 4.73. The molecule has 2 N–H and O–H groups in total. The number of ether oxygens (including phenoxy) is 12. The Morgan fingerprint density at radius 1 is 0.423 bits per heavy atom. The molecule has 3 aromatic carbocycles. The second-order valence-electron chi connectivity index (χ2n) is 15.1. The highest BCUT2D eigenvalue weighted by Gasteiger charge is 2.41. The first kappa shape index (κ1) is 53.7. The number of aromatic nitrogens is 1. The maximum atomic E-state index is 14.2. The molecule has 23 heteroatoms. The molecule has 6 rings (SSSR count). The molecule has 0 spiro atoms. The third kappa shape index (κ3) is 14.5. The highest BCUT2D eigenvalue weighted by atomic mass is 16.6. The van der Waals surface area contributed by atoms with E-state index in [9.17, 15) is 28.8 Å². The largest absolute Gasteiger partial charge is 0.487 e. The van der Waals surface area contributed by atoms with Crippen molar-refractivity contribution in [2.75, 3.05) is 140 Å². The lowest BCUT2D eigenvalue weighted by Gasteiger charge is -2.31. The molecule has 2 aliphatic heterocycles. The van der Waals surface area contributed by atoms with Crippen LogP contribution in [0.25, 0.3) is 10.8 Å².